The summed E-state index contributed by atoms with van der Waals surface area (Å²) in [5.41, 5.74) is 0. The van der Waals surface area contributed by atoms with E-state index in [0.29, 0.717) is 32.5 Å². The minimum atomic E-state index is -3.36. The first-order valence-electron chi connectivity index (χ1n) is 9.87. The molecule has 0 unspecified atom stereocenters. The molecule has 2 atom stereocenters. The van der Waals surface area contributed by atoms with Gasteiger partial charge < -0.3 is 10.2 Å². The van der Waals surface area contributed by atoms with Crippen molar-refractivity contribution in [3.05, 3.63) is 0 Å². The van der Waals surface area contributed by atoms with E-state index in [0.717, 1.165) is 37.9 Å². The fourth-order valence-corrected chi connectivity index (χ4v) is 5.35. The summed E-state index contributed by atoms with van der Waals surface area (Å²) in [6.45, 7) is 9.53. The van der Waals surface area contributed by atoms with Gasteiger partial charge >= 0.3 is 0 Å². The van der Waals surface area contributed by atoms with Crippen LogP contribution in [-0.4, -0.2) is 81.2 Å². The van der Waals surface area contributed by atoms with Gasteiger partial charge in [0.15, 0.2) is 0 Å². The molecule has 0 spiro atoms. The van der Waals surface area contributed by atoms with E-state index in [4.69, 9.17) is 0 Å². The van der Waals surface area contributed by atoms with Crippen molar-refractivity contribution in [1.29, 1.82) is 0 Å². The topological polar surface area (TPSA) is 73.0 Å². The number of amides is 1. The Morgan fingerprint density at radius 3 is 2.23 bits per heavy atom. The highest BCUT2D eigenvalue weighted by atomic mass is 32.2. The second-order valence-corrected chi connectivity index (χ2v) is 10.5. The summed E-state index contributed by atoms with van der Waals surface area (Å²) in [7, 11) is -0.283. The highest BCUT2D eigenvalue weighted by Crippen LogP contribution is 2.22. The van der Waals surface area contributed by atoms with Crippen molar-refractivity contribution in [2.45, 2.75) is 39.5 Å². The summed E-state index contributed by atoms with van der Waals surface area (Å²) in [6.07, 6.45) is 3.48. The third-order valence-corrected chi connectivity index (χ3v) is 7.45. The van der Waals surface area contributed by atoms with Gasteiger partial charge in [0.25, 0.3) is 10.2 Å². The predicted octanol–water partition coefficient (Wildman–Crippen LogP) is 0.989. The van der Waals surface area contributed by atoms with E-state index in [1.165, 1.54) is 29.1 Å². The third-order valence-electron chi connectivity index (χ3n) is 5.51. The first-order valence-corrected chi connectivity index (χ1v) is 11.3. The molecule has 152 valence electrons. The summed E-state index contributed by atoms with van der Waals surface area (Å²) in [5, 5.41) is 3.05. The van der Waals surface area contributed by atoms with Crippen LogP contribution in [-0.2, 0) is 15.0 Å². The van der Waals surface area contributed by atoms with E-state index in [1.54, 1.807) is 0 Å². The average Bonchev–Trinajstić information content (AvgIpc) is 2.57. The molecule has 2 fully saturated rings. The van der Waals surface area contributed by atoms with Gasteiger partial charge in [0.05, 0.1) is 0 Å². The van der Waals surface area contributed by atoms with Crippen molar-refractivity contribution in [2.75, 3.05) is 53.4 Å². The predicted molar refractivity (Wildman–Crippen MR) is 104 cm³/mol. The quantitative estimate of drug-likeness (QED) is 0.660. The Hall–Kier alpha value is -0.700. The maximum absolute atomic E-state index is 12.3. The van der Waals surface area contributed by atoms with Gasteiger partial charge in [-0.1, -0.05) is 13.8 Å². The first-order chi connectivity index (χ1) is 12.2. The number of hydrogen-bond acceptors (Lipinski definition) is 4. The van der Waals surface area contributed by atoms with Crippen molar-refractivity contribution in [2.24, 2.45) is 17.8 Å². The lowest BCUT2D eigenvalue weighted by Gasteiger charge is -2.35. The molecule has 0 saturated carbocycles. The summed E-state index contributed by atoms with van der Waals surface area (Å²) in [6, 6.07) is 0. The van der Waals surface area contributed by atoms with Gasteiger partial charge in [-0.15, -0.1) is 0 Å². The molecule has 0 bridgehead atoms. The van der Waals surface area contributed by atoms with E-state index in [-0.39, 0.29) is 11.8 Å². The number of carbonyl (C=O) groups is 1. The van der Waals surface area contributed by atoms with E-state index in [2.05, 4.69) is 24.1 Å². The molecule has 2 aliphatic heterocycles. The standard InChI is InChI=1S/C18H36N4O3S/c1-15-12-16(2)14-21(13-15)9-5-8-19-18(23)17-6-10-22(11-7-17)26(24,25)20(3)4/h15-17H,5-14H2,1-4H3,(H,19,23)/t15-,16+. The number of nitrogens with one attached hydrogen (secondary N) is 1. The van der Waals surface area contributed by atoms with Crippen molar-refractivity contribution in [3.63, 3.8) is 0 Å². The molecule has 7 nitrogen and oxygen atoms in total. The number of piperidine rings is 2. The second kappa shape index (κ2) is 9.48. The van der Waals surface area contributed by atoms with Crippen LogP contribution in [0, 0.1) is 17.8 Å². The van der Waals surface area contributed by atoms with Crippen LogP contribution in [0.3, 0.4) is 0 Å². The van der Waals surface area contributed by atoms with Gasteiger partial charge in [0, 0.05) is 52.7 Å². The molecular formula is C18H36N4O3S. The van der Waals surface area contributed by atoms with Crippen LogP contribution in [0.15, 0.2) is 0 Å². The monoisotopic (exact) mass is 388 g/mol. The number of carbonyl (C=O) groups excluding carboxylic acids is 1. The Labute approximate surface area is 159 Å². The van der Waals surface area contributed by atoms with E-state index in [9.17, 15) is 13.2 Å². The van der Waals surface area contributed by atoms with Gasteiger partial charge in [-0.25, -0.2) is 0 Å². The van der Waals surface area contributed by atoms with Crippen molar-refractivity contribution in [3.8, 4) is 0 Å². The summed E-state index contributed by atoms with van der Waals surface area (Å²) < 4.78 is 26.9. The minimum absolute atomic E-state index is 0.0707. The Morgan fingerprint density at radius 1 is 1.12 bits per heavy atom. The summed E-state index contributed by atoms with van der Waals surface area (Å²) in [5.74, 6) is 1.53. The SMILES string of the molecule is C[C@@H]1C[C@H](C)CN(CCCNC(=O)C2CCN(S(=O)(=O)N(C)C)CC2)C1. The zero-order chi connectivity index (χ0) is 19.3. The van der Waals surface area contributed by atoms with Gasteiger partial charge in [-0.3, -0.25) is 4.79 Å². The van der Waals surface area contributed by atoms with Crippen LogP contribution in [0.5, 0.6) is 0 Å². The van der Waals surface area contributed by atoms with Crippen LogP contribution in [0.1, 0.15) is 39.5 Å². The van der Waals surface area contributed by atoms with Gasteiger partial charge in [0.1, 0.15) is 0 Å². The molecule has 0 aliphatic carbocycles. The fraction of sp³-hybridized carbons (Fsp3) is 0.944. The number of hydrogen-bond donors (Lipinski definition) is 1. The number of likely N-dealkylation sites (tertiary alicyclic amines) is 1. The Morgan fingerprint density at radius 2 is 1.69 bits per heavy atom. The minimum Gasteiger partial charge on any atom is -0.356 e. The third kappa shape index (κ3) is 5.90. The molecule has 1 amide bonds. The molecule has 0 radical (unpaired) electrons. The average molecular weight is 389 g/mol. The van der Waals surface area contributed by atoms with Crippen LogP contribution < -0.4 is 5.32 Å². The molecule has 0 aromatic heterocycles. The highest BCUT2D eigenvalue weighted by Gasteiger charge is 2.32. The summed E-state index contributed by atoms with van der Waals surface area (Å²) >= 11 is 0. The molecule has 2 aliphatic rings. The van der Waals surface area contributed by atoms with Crippen molar-refractivity contribution < 1.29 is 13.2 Å². The van der Waals surface area contributed by atoms with Gasteiger partial charge in [0.2, 0.25) is 5.91 Å². The van der Waals surface area contributed by atoms with Crippen LogP contribution in [0.2, 0.25) is 0 Å². The number of rotatable bonds is 7. The van der Waals surface area contributed by atoms with E-state index >= 15 is 0 Å². The molecular weight excluding hydrogens is 352 g/mol. The van der Waals surface area contributed by atoms with E-state index < -0.39 is 10.2 Å². The lowest BCUT2D eigenvalue weighted by Crippen LogP contribution is -2.47. The maximum atomic E-state index is 12.3. The van der Waals surface area contributed by atoms with Crippen molar-refractivity contribution in [1.82, 2.24) is 18.8 Å². The zero-order valence-electron chi connectivity index (χ0n) is 16.8. The smallest absolute Gasteiger partial charge is 0.281 e. The zero-order valence-corrected chi connectivity index (χ0v) is 17.6. The van der Waals surface area contributed by atoms with Crippen LogP contribution in [0.4, 0.5) is 0 Å². The number of nitrogens with zero attached hydrogens (tertiary/aromatic N) is 3. The Kier molecular flexibility index (Phi) is 7.88. The Balaban J connectivity index is 1.65. The van der Waals surface area contributed by atoms with E-state index in [1.807, 2.05) is 0 Å². The Bertz CT molecular complexity index is 549. The second-order valence-electron chi connectivity index (χ2n) is 8.31. The lowest BCUT2D eigenvalue weighted by molar-refractivity contribution is -0.126. The molecule has 26 heavy (non-hydrogen) atoms. The van der Waals surface area contributed by atoms with Gasteiger partial charge in [-0.2, -0.15) is 17.0 Å². The van der Waals surface area contributed by atoms with Crippen LogP contribution in [0.25, 0.3) is 0 Å². The maximum Gasteiger partial charge on any atom is 0.281 e. The molecule has 8 heteroatoms. The normalized spacial score (nSPS) is 27.0. The molecule has 2 saturated heterocycles. The largest absolute Gasteiger partial charge is 0.356 e. The summed E-state index contributed by atoms with van der Waals surface area (Å²) in [4.78, 5) is 14.8. The van der Waals surface area contributed by atoms with Gasteiger partial charge in [-0.05, 0) is 44.1 Å². The molecule has 0 aromatic rings. The fourth-order valence-electron chi connectivity index (χ4n) is 4.21. The van der Waals surface area contributed by atoms with Crippen LogP contribution >= 0.6 is 0 Å². The molecule has 1 N–H and O–H groups in total. The molecule has 0 aromatic carbocycles. The lowest BCUT2D eigenvalue weighted by atomic mass is 9.92. The first kappa shape index (κ1) is 21.6. The highest BCUT2D eigenvalue weighted by molar-refractivity contribution is 7.86. The van der Waals surface area contributed by atoms with Crippen molar-refractivity contribution >= 4 is 16.1 Å². The molecule has 2 rings (SSSR count). The molecule has 2 heterocycles.